The quantitative estimate of drug-likeness (QED) is 0.921. The van der Waals surface area contributed by atoms with Crippen molar-refractivity contribution in [2.24, 2.45) is 5.92 Å². The van der Waals surface area contributed by atoms with E-state index in [4.69, 9.17) is 0 Å². The van der Waals surface area contributed by atoms with Crippen LogP contribution in [0.3, 0.4) is 0 Å². The maximum Gasteiger partial charge on any atom is 0.275 e. The van der Waals surface area contributed by atoms with Gasteiger partial charge in [-0.05, 0) is 36.9 Å². The largest absolute Gasteiger partial charge is 0.352 e. The van der Waals surface area contributed by atoms with Crippen molar-refractivity contribution >= 4 is 23.3 Å². The summed E-state index contributed by atoms with van der Waals surface area (Å²) in [5.74, 6) is -0.0617. The van der Waals surface area contributed by atoms with E-state index in [-0.39, 0.29) is 17.7 Å². The number of piperidine rings is 1. The molecule has 1 N–H and O–H groups in total. The van der Waals surface area contributed by atoms with E-state index in [2.05, 4.69) is 14.9 Å². The number of nitrogens with one attached hydrogen (secondary N) is 1. The van der Waals surface area contributed by atoms with Gasteiger partial charge in [-0.2, -0.15) is 0 Å². The summed E-state index contributed by atoms with van der Waals surface area (Å²) in [7, 11) is 0. The highest BCUT2D eigenvalue weighted by atomic mass is 32.1. The van der Waals surface area contributed by atoms with Crippen molar-refractivity contribution in [2.75, 3.05) is 13.1 Å². The first-order valence-electron chi connectivity index (χ1n) is 8.03. The second-order valence-electron chi connectivity index (χ2n) is 6.06. The van der Waals surface area contributed by atoms with Crippen LogP contribution in [0.25, 0.3) is 0 Å². The average Bonchev–Trinajstić information content (AvgIpc) is 3.15. The van der Waals surface area contributed by atoms with Gasteiger partial charge >= 0.3 is 0 Å². The van der Waals surface area contributed by atoms with Crippen molar-refractivity contribution in [1.82, 2.24) is 19.8 Å². The summed E-state index contributed by atoms with van der Waals surface area (Å²) in [6.45, 7) is 3.75. The van der Waals surface area contributed by atoms with Gasteiger partial charge in [0.15, 0.2) is 5.69 Å². The molecule has 2 aromatic rings. The number of benzene rings is 1. The van der Waals surface area contributed by atoms with E-state index in [1.807, 2.05) is 31.2 Å². The Kier molecular flexibility index (Phi) is 5.20. The third kappa shape index (κ3) is 3.97. The molecule has 1 saturated heterocycles. The van der Waals surface area contributed by atoms with E-state index in [1.54, 1.807) is 10.3 Å². The highest BCUT2D eigenvalue weighted by Crippen LogP contribution is 2.19. The zero-order valence-corrected chi connectivity index (χ0v) is 14.4. The molecule has 0 spiro atoms. The molecule has 0 atom stereocenters. The van der Waals surface area contributed by atoms with E-state index in [0.29, 0.717) is 38.2 Å². The van der Waals surface area contributed by atoms with Crippen LogP contribution in [-0.4, -0.2) is 39.4 Å². The minimum atomic E-state index is -0.0951. The van der Waals surface area contributed by atoms with Crippen LogP contribution in [0.2, 0.25) is 0 Å². The third-order valence-electron chi connectivity index (χ3n) is 4.32. The Morgan fingerprint density at radius 2 is 1.96 bits per heavy atom. The Labute approximate surface area is 145 Å². The van der Waals surface area contributed by atoms with Crippen LogP contribution in [0.1, 0.15) is 34.5 Å². The van der Waals surface area contributed by atoms with Crippen molar-refractivity contribution in [3.05, 3.63) is 46.5 Å². The van der Waals surface area contributed by atoms with Crippen molar-refractivity contribution in [3.8, 4) is 0 Å². The van der Waals surface area contributed by atoms with Gasteiger partial charge in [0.2, 0.25) is 5.91 Å². The van der Waals surface area contributed by atoms with Crippen LogP contribution in [0.5, 0.6) is 0 Å². The van der Waals surface area contributed by atoms with Crippen molar-refractivity contribution < 1.29 is 9.59 Å². The number of nitrogens with zero attached hydrogens (tertiary/aromatic N) is 3. The summed E-state index contributed by atoms with van der Waals surface area (Å²) in [6, 6.07) is 8.13. The molecule has 0 bridgehead atoms. The molecule has 6 nitrogen and oxygen atoms in total. The van der Waals surface area contributed by atoms with E-state index in [9.17, 15) is 9.59 Å². The standard InChI is InChI=1S/C17H20N4O2S/c1-12-2-4-13(5-3-12)10-18-16(22)14-6-8-21(9-7-14)17(23)15-11-24-20-19-15/h2-5,11,14H,6-10H2,1H3,(H,18,22). The van der Waals surface area contributed by atoms with Gasteiger partial charge in [0, 0.05) is 30.9 Å². The number of likely N-dealkylation sites (tertiary alicyclic amines) is 1. The highest BCUT2D eigenvalue weighted by molar-refractivity contribution is 7.03. The molecule has 2 amide bonds. The number of rotatable bonds is 4. The molecule has 2 heterocycles. The van der Waals surface area contributed by atoms with Gasteiger partial charge in [-0.15, -0.1) is 5.10 Å². The predicted octanol–water partition coefficient (Wildman–Crippen LogP) is 2.02. The Morgan fingerprint density at radius 1 is 1.25 bits per heavy atom. The van der Waals surface area contributed by atoms with Gasteiger partial charge in [-0.1, -0.05) is 34.3 Å². The van der Waals surface area contributed by atoms with Crippen molar-refractivity contribution in [1.29, 1.82) is 0 Å². The Balaban J connectivity index is 1.46. The maximum absolute atomic E-state index is 12.3. The Bertz CT molecular complexity index is 692. The van der Waals surface area contributed by atoms with Gasteiger partial charge < -0.3 is 10.2 Å². The number of aryl methyl sites for hydroxylation is 1. The van der Waals surface area contributed by atoms with Crippen LogP contribution in [-0.2, 0) is 11.3 Å². The SMILES string of the molecule is Cc1ccc(CNC(=O)C2CCN(C(=O)c3csnn3)CC2)cc1. The maximum atomic E-state index is 12.3. The lowest BCUT2D eigenvalue weighted by atomic mass is 9.95. The van der Waals surface area contributed by atoms with Gasteiger partial charge in [0.1, 0.15) is 0 Å². The van der Waals surface area contributed by atoms with Crippen molar-refractivity contribution in [2.45, 2.75) is 26.3 Å². The number of aromatic nitrogens is 2. The zero-order chi connectivity index (χ0) is 16.9. The lowest BCUT2D eigenvalue weighted by molar-refractivity contribution is -0.126. The molecule has 1 fully saturated rings. The average molecular weight is 344 g/mol. The minimum absolute atomic E-state index is 0.0342. The molecular weight excluding hydrogens is 324 g/mol. The summed E-state index contributed by atoms with van der Waals surface area (Å²) in [5.41, 5.74) is 2.69. The predicted molar refractivity (Wildman–Crippen MR) is 91.6 cm³/mol. The van der Waals surface area contributed by atoms with Crippen LogP contribution in [0, 0.1) is 12.8 Å². The van der Waals surface area contributed by atoms with Gasteiger partial charge in [-0.25, -0.2) is 0 Å². The molecule has 1 aliphatic rings. The first-order chi connectivity index (χ1) is 11.6. The molecule has 1 aliphatic heterocycles. The minimum Gasteiger partial charge on any atom is -0.352 e. The molecule has 3 rings (SSSR count). The molecule has 126 valence electrons. The third-order valence-corrected chi connectivity index (χ3v) is 4.82. The number of hydrogen-bond acceptors (Lipinski definition) is 5. The Hall–Kier alpha value is -2.28. The summed E-state index contributed by atoms with van der Waals surface area (Å²) >= 11 is 1.17. The van der Waals surface area contributed by atoms with E-state index in [0.717, 1.165) is 5.56 Å². The number of carbonyl (C=O) groups excluding carboxylic acids is 2. The summed E-state index contributed by atoms with van der Waals surface area (Å²) in [6.07, 6.45) is 1.37. The zero-order valence-electron chi connectivity index (χ0n) is 13.6. The van der Waals surface area contributed by atoms with Crippen LogP contribution >= 0.6 is 11.5 Å². The van der Waals surface area contributed by atoms with Crippen molar-refractivity contribution in [3.63, 3.8) is 0 Å². The molecule has 0 saturated carbocycles. The summed E-state index contributed by atoms with van der Waals surface area (Å²) in [4.78, 5) is 26.3. The fraction of sp³-hybridized carbons (Fsp3) is 0.412. The molecule has 1 aromatic heterocycles. The molecule has 7 heteroatoms. The van der Waals surface area contributed by atoms with Gasteiger partial charge in [0.25, 0.3) is 5.91 Å². The first-order valence-corrected chi connectivity index (χ1v) is 8.87. The number of hydrogen-bond donors (Lipinski definition) is 1. The molecule has 0 radical (unpaired) electrons. The normalized spacial score (nSPS) is 15.3. The second kappa shape index (κ2) is 7.53. The van der Waals surface area contributed by atoms with Crippen LogP contribution in [0.15, 0.2) is 29.6 Å². The highest BCUT2D eigenvalue weighted by Gasteiger charge is 2.28. The lowest BCUT2D eigenvalue weighted by Gasteiger charge is -2.30. The lowest BCUT2D eigenvalue weighted by Crippen LogP contribution is -2.43. The molecule has 0 aliphatic carbocycles. The van der Waals surface area contributed by atoms with E-state index < -0.39 is 0 Å². The molecule has 1 aromatic carbocycles. The monoisotopic (exact) mass is 344 g/mol. The summed E-state index contributed by atoms with van der Waals surface area (Å²) < 4.78 is 3.72. The fourth-order valence-corrected chi connectivity index (χ4v) is 3.23. The molecule has 24 heavy (non-hydrogen) atoms. The smallest absolute Gasteiger partial charge is 0.275 e. The van der Waals surface area contributed by atoms with Gasteiger partial charge in [-0.3, -0.25) is 9.59 Å². The molecule has 0 unspecified atom stereocenters. The van der Waals surface area contributed by atoms with Crippen LogP contribution in [0.4, 0.5) is 0 Å². The fourth-order valence-electron chi connectivity index (χ4n) is 2.80. The summed E-state index contributed by atoms with van der Waals surface area (Å²) in [5, 5.41) is 8.46. The van der Waals surface area contributed by atoms with E-state index in [1.165, 1.54) is 17.1 Å². The Morgan fingerprint density at radius 3 is 2.58 bits per heavy atom. The number of carbonyl (C=O) groups is 2. The van der Waals surface area contributed by atoms with Gasteiger partial charge in [0.05, 0.1) is 0 Å². The molecular formula is C17H20N4O2S. The van der Waals surface area contributed by atoms with E-state index >= 15 is 0 Å². The topological polar surface area (TPSA) is 75.2 Å². The second-order valence-corrected chi connectivity index (χ2v) is 6.67. The first kappa shape index (κ1) is 16.6. The number of amides is 2. The van der Waals surface area contributed by atoms with Crippen LogP contribution < -0.4 is 5.32 Å².